The number of hydrogen-bond donors (Lipinski definition) is 2. The number of hydrogen-bond acceptors (Lipinski definition) is 7. The second-order valence-corrected chi connectivity index (χ2v) is 7.97. The number of nitrogens with one attached hydrogen (secondary N) is 2. The lowest BCUT2D eigenvalue weighted by atomic mass is 9.93. The third-order valence-electron chi connectivity index (χ3n) is 5.80. The number of anilines is 3. The maximum Gasteiger partial charge on any atom is 0.318 e. The Morgan fingerprint density at radius 3 is 2.81 bits per heavy atom. The molecule has 1 aromatic carbocycles. The number of benzene rings is 1. The van der Waals surface area contributed by atoms with Gasteiger partial charge in [-0.05, 0) is 37.6 Å². The van der Waals surface area contributed by atoms with Crippen molar-refractivity contribution in [3.05, 3.63) is 30.5 Å². The Balaban J connectivity index is 1.69. The number of aromatic nitrogens is 2. The van der Waals surface area contributed by atoms with E-state index in [2.05, 4.69) is 15.6 Å². The maximum absolute atomic E-state index is 13.4. The molecular formula is C22H28N6O4. The summed E-state index contributed by atoms with van der Waals surface area (Å²) < 4.78 is 10.8. The van der Waals surface area contributed by atoms with Crippen LogP contribution in [0.2, 0.25) is 0 Å². The Kier molecular flexibility index (Phi) is 6.24. The smallest absolute Gasteiger partial charge is 0.318 e. The summed E-state index contributed by atoms with van der Waals surface area (Å²) in [5.41, 5.74) is 1.37. The zero-order valence-corrected chi connectivity index (χ0v) is 18.6. The second kappa shape index (κ2) is 9.09. The highest BCUT2D eigenvalue weighted by atomic mass is 16.5. The SMILES string of the molecule is CNC(=O)Nc1ccc(-c2ncc3c(n2)N2CCOC[C@]2(C)C(=O)N3CCCOC)cc1. The predicted molar refractivity (Wildman–Crippen MR) is 121 cm³/mol. The summed E-state index contributed by atoms with van der Waals surface area (Å²) in [6.45, 7) is 4.40. The highest BCUT2D eigenvalue weighted by molar-refractivity contribution is 6.07. The lowest BCUT2D eigenvalue weighted by Gasteiger charge is -2.50. The van der Waals surface area contributed by atoms with Gasteiger partial charge in [0.1, 0.15) is 11.2 Å². The molecule has 10 heteroatoms. The fourth-order valence-electron chi connectivity index (χ4n) is 4.05. The molecule has 1 aromatic heterocycles. The number of nitrogens with zero attached hydrogens (tertiary/aromatic N) is 4. The monoisotopic (exact) mass is 440 g/mol. The van der Waals surface area contributed by atoms with E-state index in [4.69, 9.17) is 14.5 Å². The lowest BCUT2D eigenvalue weighted by molar-refractivity contribution is -0.127. The topological polar surface area (TPSA) is 109 Å². The first-order valence-electron chi connectivity index (χ1n) is 10.6. The number of fused-ring (bicyclic) bond motifs is 3. The number of methoxy groups -OCH3 is 1. The van der Waals surface area contributed by atoms with Gasteiger partial charge in [0.2, 0.25) is 0 Å². The molecular weight excluding hydrogens is 412 g/mol. The van der Waals surface area contributed by atoms with E-state index < -0.39 is 5.54 Å². The third-order valence-corrected chi connectivity index (χ3v) is 5.80. The van der Waals surface area contributed by atoms with Gasteiger partial charge in [-0.2, -0.15) is 0 Å². The molecule has 32 heavy (non-hydrogen) atoms. The molecule has 1 saturated heterocycles. The number of urea groups is 1. The highest BCUT2D eigenvalue weighted by Crippen LogP contribution is 2.41. The normalized spacial score (nSPS) is 19.9. The summed E-state index contributed by atoms with van der Waals surface area (Å²) in [5.74, 6) is 1.27. The molecule has 1 atom stereocenters. The molecule has 2 aliphatic rings. The van der Waals surface area contributed by atoms with Crippen molar-refractivity contribution in [3.8, 4) is 11.4 Å². The molecule has 2 aromatic rings. The molecule has 0 aliphatic carbocycles. The van der Waals surface area contributed by atoms with Crippen LogP contribution in [0.15, 0.2) is 30.5 Å². The van der Waals surface area contributed by atoms with E-state index in [1.807, 2.05) is 24.0 Å². The van der Waals surface area contributed by atoms with Crippen LogP contribution in [0.4, 0.5) is 22.0 Å². The van der Waals surface area contributed by atoms with Crippen LogP contribution in [-0.2, 0) is 14.3 Å². The minimum atomic E-state index is -0.814. The number of amides is 3. The highest BCUT2D eigenvalue weighted by Gasteiger charge is 2.50. The molecule has 0 radical (unpaired) electrons. The summed E-state index contributed by atoms with van der Waals surface area (Å²) in [7, 11) is 3.21. The van der Waals surface area contributed by atoms with Gasteiger partial charge in [0.25, 0.3) is 5.91 Å². The van der Waals surface area contributed by atoms with Gasteiger partial charge in [-0.1, -0.05) is 0 Å². The average molecular weight is 441 g/mol. The number of carbonyl (C=O) groups excluding carboxylic acids is 2. The maximum atomic E-state index is 13.4. The second-order valence-electron chi connectivity index (χ2n) is 7.97. The van der Waals surface area contributed by atoms with Gasteiger partial charge in [-0.3, -0.25) is 4.79 Å². The van der Waals surface area contributed by atoms with E-state index in [1.54, 1.807) is 37.4 Å². The fraction of sp³-hybridized carbons (Fsp3) is 0.455. The van der Waals surface area contributed by atoms with Gasteiger partial charge in [0, 0.05) is 45.1 Å². The first-order valence-corrected chi connectivity index (χ1v) is 10.6. The number of carbonyl (C=O) groups is 2. The van der Waals surface area contributed by atoms with Gasteiger partial charge < -0.3 is 29.9 Å². The molecule has 0 bridgehead atoms. The van der Waals surface area contributed by atoms with Crippen LogP contribution in [0.5, 0.6) is 0 Å². The first-order chi connectivity index (χ1) is 15.5. The molecule has 0 saturated carbocycles. The molecule has 170 valence electrons. The van der Waals surface area contributed by atoms with Gasteiger partial charge in [-0.15, -0.1) is 0 Å². The number of rotatable bonds is 6. The molecule has 1 fully saturated rings. The molecule has 0 spiro atoms. The standard InChI is InChI=1S/C22H28N6O4/c1-22-14-32-12-10-28(22)19-17(27(20(22)29)9-4-11-31-3)13-24-18(26-19)15-5-7-16(8-6-15)25-21(30)23-2/h5-8,13H,4,9-12,14H2,1-3H3,(H2,23,25,30)/t22-/m1/s1. The van der Waals surface area contributed by atoms with Crippen LogP contribution < -0.4 is 20.4 Å². The van der Waals surface area contributed by atoms with E-state index >= 15 is 0 Å². The minimum absolute atomic E-state index is 0.0122. The zero-order chi connectivity index (χ0) is 22.7. The Morgan fingerprint density at radius 2 is 2.09 bits per heavy atom. The van der Waals surface area contributed by atoms with Crippen LogP contribution in [-0.4, -0.2) is 74.5 Å². The number of ether oxygens (including phenoxy) is 2. The minimum Gasteiger partial charge on any atom is -0.385 e. The summed E-state index contributed by atoms with van der Waals surface area (Å²) >= 11 is 0. The van der Waals surface area contributed by atoms with E-state index in [9.17, 15) is 9.59 Å². The van der Waals surface area contributed by atoms with E-state index in [1.165, 1.54) is 0 Å². The van der Waals surface area contributed by atoms with Crippen LogP contribution in [0.1, 0.15) is 13.3 Å². The van der Waals surface area contributed by atoms with E-state index in [0.717, 1.165) is 11.4 Å². The molecule has 10 nitrogen and oxygen atoms in total. The van der Waals surface area contributed by atoms with Crippen molar-refractivity contribution in [3.63, 3.8) is 0 Å². The van der Waals surface area contributed by atoms with Crippen molar-refractivity contribution in [2.24, 2.45) is 0 Å². The van der Waals surface area contributed by atoms with Crippen LogP contribution in [0.3, 0.4) is 0 Å². The van der Waals surface area contributed by atoms with E-state index in [0.29, 0.717) is 56.5 Å². The molecule has 2 N–H and O–H groups in total. The van der Waals surface area contributed by atoms with E-state index in [-0.39, 0.29) is 11.9 Å². The zero-order valence-electron chi connectivity index (χ0n) is 18.6. The Morgan fingerprint density at radius 1 is 1.31 bits per heavy atom. The Labute approximate surface area is 186 Å². The largest absolute Gasteiger partial charge is 0.385 e. The fourth-order valence-corrected chi connectivity index (χ4v) is 4.05. The van der Waals surface area contributed by atoms with Gasteiger partial charge in [0.05, 0.1) is 19.4 Å². The van der Waals surface area contributed by atoms with Crippen LogP contribution >= 0.6 is 0 Å². The van der Waals surface area contributed by atoms with Gasteiger partial charge in [-0.25, -0.2) is 14.8 Å². The molecule has 0 unspecified atom stereocenters. The molecule has 4 rings (SSSR count). The average Bonchev–Trinajstić information content (AvgIpc) is 2.81. The molecule has 3 heterocycles. The third kappa shape index (κ3) is 3.98. The van der Waals surface area contributed by atoms with Crippen molar-refractivity contribution in [2.45, 2.75) is 18.9 Å². The molecule has 2 aliphatic heterocycles. The van der Waals surface area contributed by atoms with Crippen LogP contribution in [0, 0.1) is 0 Å². The lowest BCUT2D eigenvalue weighted by Crippen LogP contribution is -2.67. The Hall–Kier alpha value is -3.24. The van der Waals surface area contributed by atoms with Gasteiger partial charge in [0.15, 0.2) is 11.6 Å². The van der Waals surface area contributed by atoms with Crippen molar-refractivity contribution in [2.75, 3.05) is 62.2 Å². The van der Waals surface area contributed by atoms with Crippen molar-refractivity contribution in [1.29, 1.82) is 0 Å². The Bertz CT molecular complexity index is 998. The molecule has 3 amide bonds. The number of morpholine rings is 1. The predicted octanol–water partition coefficient (Wildman–Crippen LogP) is 1.87. The summed E-state index contributed by atoms with van der Waals surface area (Å²) in [4.78, 5) is 38.1. The summed E-state index contributed by atoms with van der Waals surface area (Å²) in [6, 6.07) is 7.03. The van der Waals surface area contributed by atoms with Crippen LogP contribution in [0.25, 0.3) is 11.4 Å². The summed E-state index contributed by atoms with van der Waals surface area (Å²) in [5, 5.41) is 5.25. The van der Waals surface area contributed by atoms with Crippen molar-refractivity contribution < 1.29 is 19.1 Å². The van der Waals surface area contributed by atoms with Crippen molar-refractivity contribution in [1.82, 2.24) is 15.3 Å². The van der Waals surface area contributed by atoms with Crippen molar-refractivity contribution >= 4 is 29.1 Å². The summed E-state index contributed by atoms with van der Waals surface area (Å²) in [6.07, 6.45) is 2.42. The first kappa shape index (κ1) is 22.0. The quantitative estimate of drug-likeness (QED) is 0.660. The van der Waals surface area contributed by atoms with Gasteiger partial charge >= 0.3 is 6.03 Å².